The van der Waals surface area contributed by atoms with Gasteiger partial charge in [-0.25, -0.2) is 13.6 Å². The highest BCUT2D eigenvalue weighted by atomic mass is 19.1. The van der Waals surface area contributed by atoms with Gasteiger partial charge in [-0.05, 0) is 49.6 Å². The summed E-state index contributed by atoms with van der Waals surface area (Å²) < 4.78 is 27.9. The van der Waals surface area contributed by atoms with Crippen LogP contribution < -0.4 is 10.2 Å². The minimum atomic E-state index is -1.79. The Kier molecular flexibility index (Phi) is 4.56. The van der Waals surface area contributed by atoms with Gasteiger partial charge in [0, 0.05) is 17.8 Å². The standard InChI is InChI=1S/C21H19F2N3O3/c1-21(15-11-14(22)8-9-16(15)23)19(28)26(20(29)24-21)12-18(27)25-10-4-6-13-5-2-3-7-17(13)25/h2-3,5,7-9,11H,4,6,10,12H2,1H3,(H,24,29)/t21-/m1/s1. The van der Waals surface area contributed by atoms with Crippen molar-refractivity contribution in [3.63, 3.8) is 0 Å². The van der Waals surface area contributed by atoms with Gasteiger partial charge < -0.3 is 10.2 Å². The normalized spacial score (nSPS) is 21.2. The van der Waals surface area contributed by atoms with Gasteiger partial charge in [-0.2, -0.15) is 0 Å². The van der Waals surface area contributed by atoms with Crippen LogP contribution in [0.15, 0.2) is 42.5 Å². The predicted octanol–water partition coefficient (Wildman–Crippen LogP) is 2.71. The molecule has 4 amide bonds. The SMILES string of the molecule is C[C@]1(c2cc(F)ccc2F)NC(=O)N(CC(=O)N2CCCc3ccccc32)C1=O. The minimum Gasteiger partial charge on any atom is -0.319 e. The van der Waals surface area contributed by atoms with Crippen LogP contribution in [0.3, 0.4) is 0 Å². The number of hydrogen-bond acceptors (Lipinski definition) is 3. The highest BCUT2D eigenvalue weighted by Gasteiger charge is 2.51. The molecule has 2 aromatic rings. The van der Waals surface area contributed by atoms with E-state index in [-0.39, 0.29) is 5.56 Å². The molecule has 0 bridgehead atoms. The molecule has 2 aliphatic heterocycles. The van der Waals surface area contributed by atoms with Crippen molar-refractivity contribution in [3.8, 4) is 0 Å². The van der Waals surface area contributed by atoms with Crippen molar-refractivity contribution in [2.45, 2.75) is 25.3 Å². The lowest BCUT2D eigenvalue weighted by molar-refractivity contribution is -0.134. The number of hydrogen-bond donors (Lipinski definition) is 1. The third-order valence-electron chi connectivity index (χ3n) is 5.45. The highest BCUT2D eigenvalue weighted by molar-refractivity contribution is 6.10. The van der Waals surface area contributed by atoms with E-state index in [1.54, 1.807) is 4.90 Å². The Bertz CT molecular complexity index is 1030. The number of halogens is 2. The van der Waals surface area contributed by atoms with E-state index in [4.69, 9.17) is 0 Å². The highest BCUT2D eigenvalue weighted by Crippen LogP contribution is 2.32. The van der Waals surface area contributed by atoms with Gasteiger partial charge in [0.05, 0.1) is 0 Å². The summed E-state index contributed by atoms with van der Waals surface area (Å²) >= 11 is 0. The first kappa shape index (κ1) is 19.0. The van der Waals surface area contributed by atoms with E-state index >= 15 is 0 Å². The second-order valence-electron chi connectivity index (χ2n) is 7.35. The maximum absolute atomic E-state index is 14.2. The van der Waals surface area contributed by atoms with E-state index < -0.39 is 41.6 Å². The van der Waals surface area contributed by atoms with Crippen molar-refractivity contribution in [2.75, 3.05) is 18.0 Å². The Labute approximate surface area is 166 Å². The molecule has 2 aromatic carbocycles. The van der Waals surface area contributed by atoms with Crippen LogP contribution >= 0.6 is 0 Å². The number of anilines is 1. The first-order chi connectivity index (χ1) is 13.8. The first-order valence-electron chi connectivity index (χ1n) is 9.29. The number of nitrogens with one attached hydrogen (secondary N) is 1. The van der Waals surface area contributed by atoms with Crippen LogP contribution in [0.4, 0.5) is 19.3 Å². The van der Waals surface area contributed by atoms with Crippen molar-refractivity contribution in [3.05, 3.63) is 65.2 Å². The summed E-state index contributed by atoms with van der Waals surface area (Å²) in [4.78, 5) is 40.6. The number of nitrogens with zero attached hydrogens (tertiary/aromatic N) is 2. The Morgan fingerprint density at radius 2 is 1.93 bits per heavy atom. The van der Waals surface area contributed by atoms with E-state index in [1.807, 2.05) is 24.3 Å². The smallest absolute Gasteiger partial charge is 0.319 e. The van der Waals surface area contributed by atoms with Crippen LogP contribution in [0.2, 0.25) is 0 Å². The van der Waals surface area contributed by atoms with Crippen molar-refractivity contribution < 1.29 is 23.2 Å². The topological polar surface area (TPSA) is 69.7 Å². The zero-order valence-corrected chi connectivity index (χ0v) is 15.7. The maximum Gasteiger partial charge on any atom is 0.325 e. The van der Waals surface area contributed by atoms with Crippen molar-refractivity contribution in [2.24, 2.45) is 0 Å². The van der Waals surface area contributed by atoms with Crippen LogP contribution in [0, 0.1) is 11.6 Å². The molecule has 0 radical (unpaired) electrons. The van der Waals surface area contributed by atoms with Crippen LogP contribution in [0.25, 0.3) is 0 Å². The molecule has 29 heavy (non-hydrogen) atoms. The summed E-state index contributed by atoms with van der Waals surface area (Å²) in [5.74, 6) is -2.76. The summed E-state index contributed by atoms with van der Waals surface area (Å²) in [6.07, 6.45) is 1.62. The van der Waals surface area contributed by atoms with E-state index in [2.05, 4.69) is 5.32 Å². The molecule has 0 aliphatic carbocycles. The number of imide groups is 1. The van der Waals surface area contributed by atoms with E-state index in [9.17, 15) is 23.2 Å². The Hall–Kier alpha value is -3.29. The molecule has 1 saturated heterocycles. The molecule has 1 atom stereocenters. The van der Waals surface area contributed by atoms with Crippen LogP contribution in [0.1, 0.15) is 24.5 Å². The molecule has 0 spiro atoms. The molecule has 4 rings (SSSR count). The number of carbonyl (C=O) groups excluding carboxylic acids is 3. The predicted molar refractivity (Wildman–Crippen MR) is 101 cm³/mol. The third-order valence-corrected chi connectivity index (χ3v) is 5.45. The van der Waals surface area contributed by atoms with Crippen LogP contribution in [-0.4, -0.2) is 35.8 Å². The second kappa shape index (κ2) is 6.95. The molecule has 1 N–H and O–H groups in total. The Morgan fingerprint density at radius 3 is 2.72 bits per heavy atom. The van der Waals surface area contributed by atoms with Gasteiger partial charge >= 0.3 is 6.03 Å². The summed E-state index contributed by atoms with van der Waals surface area (Å²) in [5.41, 5.74) is -0.289. The average molecular weight is 399 g/mol. The quantitative estimate of drug-likeness (QED) is 0.807. The van der Waals surface area contributed by atoms with E-state index in [1.165, 1.54) is 6.92 Å². The van der Waals surface area contributed by atoms with Crippen LogP contribution in [-0.2, 0) is 21.5 Å². The largest absolute Gasteiger partial charge is 0.325 e. The number of amides is 4. The van der Waals surface area contributed by atoms with Gasteiger partial charge in [0.1, 0.15) is 23.7 Å². The Balaban J connectivity index is 1.59. The van der Waals surface area contributed by atoms with Gasteiger partial charge in [0.2, 0.25) is 5.91 Å². The fraction of sp³-hybridized carbons (Fsp3) is 0.286. The Morgan fingerprint density at radius 1 is 1.17 bits per heavy atom. The van der Waals surface area contributed by atoms with Crippen LogP contribution in [0.5, 0.6) is 0 Å². The van der Waals surface area contributed by atoms with Crippen molar-refractivity contribution >= 4 is 23.5 Å². The summed E-state index contributed by atoms with van der Waals surface area (Å²) in [7, 11) is 0. The molecule has 0 unspecified atom stereocenters. The number of rotatable bonds is 3. The van der Waals surface area contributed by atoms with Gasteiger partial charge in [0.15, 0.2) is 0 Å². The summed E-state index contributed by atoms with van der Waals surface area (Å²) in [5, 5.41) is 2.40. The minimum absolute atomic E-state index is 0.283. The number of benzene rings is 2. The number of aryl methyl sites for hydroxylation is 1. The molecule has 8 heteroatoms. The average Bonchev–Trinajstić information content (AvgIpc) is 2.93. The lowest BCUT2D eigenvalue weighted by atomic mass is 9.91. The number of urea groups is 1. The number of para-hydroxylation sites is 1. The molecule has 1 fully saturated rings. The van der Waals surface area contributed by atoms with E-state index in [0.717, 1.165) is 47.2 Å². The first-order valence-corrected chi connectivity index (χ1v) is 9.29. The summed E-state index contributed by atoms with van der Waals surface area (Å²) in [6, 6.07) is 9.36. The van der Waals surface area contributed by atoms with Gasteiger partial charge in [-0.3, -0.25) is 14.5 Å². The molecule has 0 saturated carbocycles. The molecule has 2 aliphatic rings. The molecule has 150 valence electrons. The molecular formula is C21H19F2N3O3. The monoisotopic (exact) mass is 399 g/mol. The van der Waals surface area contributed by atoms with Gasteiger partial charge in [-0.1, -0.05) is 18.2 Å². The van der Waals surface area contributed by atoms with Crippen molar-refractivity contribution in [1.29, 1.82) is 0 Å². The molecular weight excluding hydrogens is 380 g/mol. The lowest BCUT2D eigenvalue weighted by Crippen LogP contribution is -2.46. The van der Waals surface area contributed by atoms with Crippen molar-refractivity contribution in [1.82, 2.24) is 10.2 Å². The fourth-order valence-electron chi connectivity index (χ4n) is 3.92. The molecule has 2 heterocycles. The maximum atomic E-state index is 14.2. The third kappa shape index (κ3) is 3.14. The molecule has 0 aromatic heterocycles. The van der Waals surface area contributed by atoms with Gasteiger partial charge in [0.25, 0.3) is 5.91 Å². The fourth-order valence-corrected chi connectivity index (χ4v) is 3.92. The zero-order chi connectivity index (χ0) is 20.8. The summed E-state index contributed by atoms with van der Waals surface area (Å²) in [6.45, 7) is 1.30. The van der Waals surface area contributed by atoms with Gasteiger partial charge in [-0.15, -0.1) is 0 Å². The molecule has 6 nitrogen and oxygen atoms in total. The van der Waals surface area contributed by atoms with E-state index in [0.29, 0.717) is 6.54 Å². The number of fused-ring (bicyclic) bond motifs is 1. The zero-order valence-electron chi connectivity index (χ0n) is 15.7. The lowest BCUT2D eigenvalue weighted by Gasteiger charge is -2.30. The second-order valence-corrected chi connectivity index (χ2v) is 7.35. The number of carbonyl (C=O) groups is 3.